The third kappa shape index (κ3) is 3.76. The molecule has 2 aromatic carbocycles. The summed E-state index contributed by atoms with van der Waals surface area (Å²) in [5, 5.41) is 18.5. The third-order valence-corrected chi connectivity index (χ3v) is 3.94. The van der Waals surface area contributed by atoms with E-state index in [-0.39, 0.29) is 23.0 Å². The minimum atomic E-state index is -0.795. The minimum Gasteiger partial charge on any atom is -0.449 e. The van der Waals surface area contributed by atoms with Crippen LogP contribution in [-0.2, 0) is 4.74 Å². The van der Waals surface area contributed by atoms with E-state index in [1.54, 1.807) is 32.0 Å². The van der Waals surface area contributed by atoms with Crippen molar-refractivity contribution in [2.75, 3.05) is 5.73 Å². The van der Waals surface area contributed by atoms with Crippen LogP contribution in [0.5, 0.6) is 0 Å². The highest BCUT2D eigenvalue weighted by Crippen LogP contribution is 2.26. The fraction of sp³-hybridized carbons (Fsp3) is 0.167. The van der Waals surface area contributed by atoms with Gasteiger partial charge in [0.15, 0.2) is 6.10 Å². The number of ether oxygens (including phenoxy) is 1. The number of esters is 1. The SMILES string of the molecule is Cc1cccc(C(=O)OC(C)c2nnc(-c3ccc([N+](=O)[O-])cc3)o2)c1N. The summed E-state index contributed by atoms with van der Waals surface area (Å²) in [7, 11) is 0. The molecule has 0 fully saturated rings. The van der Waals surface area contributed by atoms with Gasteiger partial charge in [-0.05, 0) is 37.6 Å². The lowest BCUT2D eigenvalue weighted by Crippen LogP contribution is -2.12. The number of benzene rings is 2. The highest BCUT2D eigenvalue weighted by molar-refractivity contribution is 5.95. The molecule has 27 heavy (non-hydrogen) atoms. The predicted molar refractivity (Wildman–Crippen MR) is 95.8 cm³/mol. The second-order valence-corrected chi connectivity index (χ2v) is 5.83. The number of anilines is 1. The van der Waals surface area contributed by atoms with Gasteiger partial charge in [0.2, 0.25) is 5.89 Å². The molecule has 0 aliphatic carbocycles. The smallest absolute Gasteiger partial charge is 0.341 e. The van der Waals surface area contributed by atoms with Gasteiger partial charge < -0.3 is 14.9 Å². The Hall–Kier alpha value is -3.75. The van der Waals surface area contributed by atoms with Crippen molar-refractivity contribution in [2.24, 2.45) is 0 Å². The number of non-ortho nitro benzene ring substituents is 1. The number of aryl methyl sites for hydroxylation is 1. The maximum Gasteiger partial charge on any atom is 0.341 e. The fourth-order valence-electron chi connectivity index (χ4n) is 2.37. The van der Waals surface area contributed by atoms with Gasteiger partial charge in [-0.1, -0.05) is 12.1 Å². The zero-order chi connectivity index (χ0) is 19.6. The van der Waals surface area contributed by atoms with Gasteiger partial charge in [0.05, 0.1) is 10.5 Å². The van der Waals surface area contributed by atoms with Gasteiger partial charge in [-0.25, -0.2) is 4.79 Å². The normalized spacial score (nSPS) is 11.8. The van der Waals surface area contributed by atoms with Crippen molar-refractivity contribution in [3.05, 3.63) is 69.6 Å². The van der Waals surface area contributed by atoms with Crippen LogP contribution >= 0.6 is 0 Å². The summed E-state index contributed by atoms with van der Waals surface area (Å²) >= 11 is 0. The molecule has 3 aromatic rings. The van der Waals surface area contributed by atoms with Crippen molar-refractivity contribution in [2.45, 2.75) is 20.0 Å². The zero-order valence-corrected chi connectivity index (χ0v) is 14.6. The number of nitro benzene ring substituents is 1. The lowest BCUT2D eigenvalue weighted by molar-refractivity contribution is -0.384. The van der Waals surface area contributed by atoms with Crippen LogP contribution in [0.1, 0.15) is 34.8 Å². The van der Waals surface area contributed by atoms with E-state index in [0.717, 1.165) is 5.56 Å². The van der Waals surface area contributed by atoms with Crippen LogP contribution in [0, 0.1) is 17.0 Å². The quantitative estimate of drug-likeness (QED) is 0.313. The van der Waals surface area contributed by atoms with Crippen molar-refractivity contribution in [3.63, 3.8) is 0 Å². The minimum absolute atomic E-state index is 0.0449. The highest BCUT2D eigenvalue weighted by Gasteiger charge is 2.21. The molecule has 1 heterocycles. The van der Waals surface area contributed by atoms with Gasteiger partial charge in [-0.15, -0.1) is 10.2 Å². The van der Waals surface area contributed by atoms with E-state index in [1.807, 2.05) is 0 Å². The van der Waals surface area contributed by atoms with Crippen LogP contribution in [0.3, 0.4) is 0 Å². The molecule has 0 aliphatic rings. The topological polar surface area (TPSA) is 134 Å². The van der Waals surface area contributed by atoms with Crippen LogP contribution in [0.4, 0.5) is 11.4 Å². The molecule has 1 atom stereocenters. The molecular formula is C18H16N4O5. The average molecular weight is 368 g/mol. The van der Waals surface area contributed by atoms with Crippen LogP contribution in [0.15, 0.2) is 46.9 Å². The average Bonchev–Trinajstić information content (AvgIpc) is 3.14. The molecule has 138 valence electrons. The molecule has 0 aliphatic heterocycles. The van der Waals surface area contributed by atoms with E-state index in [4.69, 9.17) is 14.9 Å². The number of aromatic nitrogens is 2. The van der Waals surface area contributed by atoms with Gasteiger partial charge in [0.1, 0.15) is 0 Å². The van der Waals surface area contributed by atoms with Crippen molar-refractivity contribution < 1.29 is 18.9 Å². The summed E-state index contributed by atoms with van der Waals surface area (Å²) in [5.74, 6) is -0.334. The first-order valence-corrected chi connectivity index (χ1v) is 8.01. The Morgan fingerprint density at radius 3 is 2.59 bits per heavy atom. The van der Waals surface area contributed by atoms with Crippen LogP contribution in [0.2, 0.25) is 0 Å². The Labute approximate surface area is 153 Å². The van der Waals surface area contributed by atoms with E-state index in [0.29, 0.717) is 11.3 Å². The Bertz CT molecular complexity index is 997. The summed E-state index contributed by atoms with van der Waals surface area (Å²) < 4.78 is 10.9. The lowest BCUT2D eigenvalue weighted by Gasteiger charge is -2.11. The molecule has 9 heteroatoms. The summed E-state index contributed by atoms with van der Waals surface area (Å²) in [4.78, 5) is 22.5. The largest absolute Gasteiger partial charge is 0.449 e. The second-order valence-electron chi connectivity index (χ2n) is 5.83. The van der Waals surface area contributed by atoms with E-state index < -0.39 is 17.0 Å². The van der Waals surface area contributed by atoms with Gasteiger partial charge in [-0.2, -0.15) is 0 Å². The van der Waals surface area contributed by atoms with Gasteiger partial charge in [0, 0.05) is 23.4 Å². The molecule has 0 bridgehead atoms. The number of nitrogen functional groups attached to an aromatic ring is 1. The molecular weight excluding hydrogens is 352 g/mol. The van der Waals surface area contributed by atoms with E-state index in [9.17, 15) is 14.9 Å². The summed E-state index contributed by atoms with van der Waals surface area (Å²) in [6, 6.07) is 10.8. The Morgan fingerprint density at radius 2 is 1.93 bits per heavy atom. The fourth-order valence-corrected chi connectivity index (χ4v) is 2.37. The van der Waals surface area contributed by atoms with E-state index >= 15 is 0 Å². The molecule has 0 saturated carbocycles. The number of rotatable bonds is 5. The molecule has 0 saturated heterocycles. The maximum absolute atomic E-state index is 12.3. The Kier molecular flexibility index (Phi) is 4.84. The third-order valence-electron chi connectivity index (χ3n) is 3.94. The summed E-state index contributed by atoms with van der Waals surface area (Å²) in [5.41, 5.74) is 7.77. The zero-order valence-electron chi connectivity index (χ0n) is 14.6. The van der Waals surface area contributed by atoms with Crippen LogP contribution < -0.4 is 5.73 Å². The molecule has 0 radical (unpaired) electrons. The van der Waals surface area contributed by atoms with Crippen LogP contribution in [-0.4, -0.2) is 21.1 Å². The van der Waals surface area contributed by atoms with Gasteiger partial charge >= 0.3 is 5.97 Å². The van der Waals surface area contributed by atoms with Crippen molar-refractivity contribution in [1.82, 2.24) is 10.2 Å². The molecule has 3 rings (SSSR count). The molecule has 1 aromatic heterocycles. The first-order valence-electron chi connectivity index (χ1n) is 8.01. The summed E-state index contributed by atoms with van der Waals surface area (Å²) in [6.07, 6.45) is -0.795. The van der Waals surface area contributed by atoms with Crippen molar-refractivity contribution in [1.29, 1.82) is 0 Å². The van der Waals surface area contributed by atoms with Gasteiger partial charge in [0.25, 0.3) is 11.6 Å². The molecule has 0 spiro atoms. The summed E-state index contributed by atoms with van der Waals surface area (Å²) in [6.45, 7) is 3.39. The Morgan fingerprint density at radius 1 is 1.22 bits per heavy atom. The van der Waals surface area contributed by atoms with Crippen molar-refractivity contribution >= 4 is 17.3 Å². The number of hydrogen-bond donors (Lipinski definition) is 1. The number of hydrogen-bond acceptors (Lipinski definition) is 8. The number of nitrogens with two attached hydrogens (primary N) is 1. The first kappa shape index (κ1) is 18.1. The number of para-hydroxylation sites is 1. The van der Waals surface area contributed by atoms with Crippen LogP contribution in [0.25, 0.3) is 11.5 Å². The highest BCUT2D eigenvalue weighted by atomic mass is 16.6. The molecule has 1 unspecified atom stereocenters. The Balaban J connectivity index is 1.74. The van der Waals surface area contributed by atoms with E-state index in [1.165, 1.54) is 24.3 Å². The van der Waals surface area contributed by atoms with E-state index in [2.05, 4.69) is 10.2 Å². The maximum atomic E-state index is 12.3. The van der Waals surface area contributed by atoms with Crippen molar-refractivity contribution in [3.8, 4) is 11.5 Å². The number of nitrogens with zero attached hydrogens (tertiary/aromatic N) is 3. The number of carbonyl (C=O) groups is 1. The monoisotopic (exact) mass is 368 g/mol. The predicted octanol–water partition coefficient (Wildman–Crippen LogP) is 3.45. The lowest BCUT2D eigenvalue weighted by atomic mass is 10.1. The standard InChI is InChI=1S/C18H16N4O5/c1-10-4-3-5-14(15(10)19)18(23)26-11(2)16-20-21-17(27-16)12-6-8-13(9-7-12)22(24)25/h3-9,11H,19H2,1-2H3. The second kappa shape index (κ2) is 7.24. The molecule has 2 N–H and O–H groups in total. The number of nitro groups is 1. The first-order chi connectivity index (χ1) is 12.9. The molecule has 9 nitrogen and oxygen atoms in total. The van der Waals surface area contributed by atoms with Gasteiger partial charge in [-0.3, -0.25) is 10.1 Å². The molecule has 0 amide bonds. The number of carbonyl (C=O) groups excluding carboxylic acids is 1.